The van der Waals surface area contributed by atoms with E-state index in [2.05, 4.69) is 4.99 Å². The molecule has 0 spiro atoms. The summed E-state index contributed by atoms with van der Waals surface area (Å²) in [5.74, 6) is 0.611. The van der Waals surface area contributed by atoms with Crippen molar-refractivity contribution in [1.29, 1.82) is 0 Å². The van der Waals surface area contributed by atoms with E-state index in [4.69, 9.17) is 0 Å². The molecule has 2 rings (SSSR count). The number of rotatable bonds is 1. The summed E-state index contributed by atoms with van der Waals surface area (Å²) < 4.78 is 0. The van der Waals surface area contributed by atoms with Crippen molar-refractivity contribution < 1.29 is 4.79 Å². The lowest BCUT2D eigenvalue weighted by atomic mass is 9.85. The lowest BCUT2D eigenvalue weighted by Crippen LogP contribution is -2.22. The molecule has 1 fully saturated rings. The first-order valence-electron chi connectivity index (χ1n) is 5.08. The Balaban J connectivity index is 2.09. The number of ketones is 1. The van der Waals surface area contributed by atoms with Crippen LogP contribution in [0.2, 0.25) is 0 Å². The van der Waals surface area contributed by atoms with Gasteiger partial charge in [0.1, 0.15) is 0 Å². The molecule has 0 aromatic rings. The van der Waals surface area contributed by atoms with Gasteiger partial charge in [-0.25, -0.2) is 0 Å². The van der Waals surface area contributed by atoms with E-state index >= 15 is 0 Å². The Morgan fingerprint density at radius 2 is 2.00 bits per heavy atom. The number of hydrogen-bond acceptors (Lipinski definition) is 2. The Bertz CT molecular complexity index is 282. The van der Waals surface area contributed by atoms with Gasteiger partial charge < -0.3 is 0 Å². The molecule has 0 atom stereocenters. The van der Waals surface area contributed by atoms with Crippen molar-refractivity contribution in [1.82, 2.24) is 0 Å². The van der Waals surface area contributed by atoms with E-state index < -0.39 is 0 Å². The van der Waals surface area contributed by atoms with E-state index in [9.17, 15) is 4.79 Å². The summed E-state index contributed by atoms with van der Waals surface area (Å²) in [5, 5.41) is 0. The van der Waals surface area contributed by atoms with Gasteiger partial charge in [-0.05, 0) is 19.8 Å². The zero-order valence-corrected chi connectivity index (χ0v) is 8.05. The van der Waals surface area contributed by atoms with E-state index in [1.807, 2.05) is 6.92 Å². The Hall–Kier alpha value is -0.920. The van der Waals surface area contributed by atoms with Crippen LogP contribution in [0.5, 0.6) is 0 Å². The third kappa shape index (κ3) is 1.71. The van der Waals surface area contributed by atoms with E-state index in [-0.39, 0.29) is 5.78 Å². The standard InChI is InChI=1S/C11H15NO/c1-8-7-10(13)11(12-8)9-5-3-2-4-6-9/h7,9H,2-6H2,1H3. The van der Waals surface area contributed by atoms with Crippen LogP contribution in [0.4, 0.5) is 0 Å². The minimum Gasteiger partial charge on any atom is -0.288 e. The first-order chi connectivity index (χ1) is 6.27. The minimum atomic E-state index is 0.157. The highest BCUT2D eigenvalue weighted by Gasteiger charge is 2.26. The molecule has 0 bridgehead atoms. The smallest absolute Gasteiger partial charge is 0.202 e. The molecule has 1 heterocycles. The third-order valence-electron chi connectivity index (χ3n) is 2.88. The second kappa shape index (κ2) is 3.44. The van der Waals surface area contributed by atoms with E-state index in [1.165, 1.54) is 19.3 Å². The molecule has 0 N–H and O–H groups in total. The molecular formula is C11H15NO. The number of carbonyl (C=O) groups excluding carboxylic acids is 1. The molecular weight excluding hydrogens is 162 g/mol. The van der Waals surface area contributed by atoms with Gasteiger partial charge in [0.2, 0.25) is 5.78 Å². The summed E-state index contributed by atoms with van der Waals surface area (Å²) in [6.45, 7) is 1.90. The maximum Gasteiger partial charge on any atom is 0.202 e. The first-order valence-corrected chi connectivity index (χ1v) is 5.08. The van der Waals surface area contributed by atoms with E-state index in [0.29, 0.717) is 5.92 Å². The van der Waals surface area contributed by atoms with E-state index in [0.717, 1.165) is 24.3 Å². The topological polar surface area (TPSA) is 29.4 Å². The van der Waals surface area contributed by atoms with Crippen LogP contribution in [0.1, 0.15) is 39.0 Å². The SMILES string of the molecule is CC1=CC(=O)C(C2CCCCC2)=N1. The second-order valence-corrected chi connectivity index (χ2v) is 3.98. The second-order valence-electron chi connectivity index (χ2n) is 3.98. The summed E-state index contributed by atoms with van der Waals surface area (Å²) in [7, 11) is 0. The number of nitrogens with zero attached hydrogens (tertiary/aromatic N) is 1. The van der Waals surface area contributed by atoms with Crippen LogP contribution in [0.25, 0.3) is 0 Å². The lowest BCUT2D eigenvalue weighted by Gasteiger charge is -2.20. The van der Waals surface area contributed by atoms with Crippen LogP contribution in [0, 0.1) is 5.92 Å². The van der Waals surface area contributed by atoms with Gasteiger partial charge in [-0.1, -0.05) is 19.3 Å². The van der Waals surface area contributed by atoms with Crippen molar-refractivity contribution in [3.05, 3.63) is 11.8 Å². The minimum absolute atomic E-state index is 0.157. The van der Waals surface area contributed by atoms with Crippen LogP contribution >= 0.6 is 0 Å². The maximum absolute atomic E-state index is 11.5. The Morgan fingerprint density at radius 1 is 1.31 bits per heavy atom. The highest BCUT2D eigenvalue weighted by molar-refractivity contribution is 6.46. The highest BCUT2D eigenvalue weighted by Crippen LogP contribution is 2.27. The van der Waals surface area contributed by atoms with Crippen LogP contribution in [-0.2, 0) is 4.79 Å². The average molecular weight is 177 g/mol. The van der Waals surface area contributed by atoms with Crippen molar-refractivity contribution in [2.45, 2.75) is 39.0 Å². The predicted octanol–water partition coefficient (Wildman–Crippen LogP) is 2.49. The van der Waals surface area contributed by atoms with Gasteiger partial charge in [0, 0.05) is 17.7 Å². The molecule has 1 aliphatic heterocycles. The molecule has 70 valence electrons. The predicted molar refractivity (Wildman–Crippen MR) is 52.8 cm³/mol. The Labute approximate surface area is 78.7 Å². The lowest BCUT2D eigenvalue weighted by molar-refractivity contribution is -0.109. The Kier molecular flexibility index (Phi) is 2.30. The van der Waals surface area contributed by atoms with Crippen molar-refractivity contribution in [3.63, 3.8) is 0 Å². The van der Waals surface area contributed by atoms with Crippen LogP contribution < -0.4 is 0 Å². The summed E-state index contributed by atoms with van der Waals surface area (Å²) in [6.07, 6.45) is 7.82. The highest BCUT2D eigenvalue weighted by atomic mass is 16.1. The number of aliphatic imine (C=N–C) groups is 1. The van der Waals surface area contributed by atoms with Gasteiger partial charge in [-0.3, -0.25) is 9.79 Å². The van der Waals surface area contributed by atoms with Crippen LogP contribution in [0.15, 0.2) is 16.8 Å². The quantitative estimate of drug-likeness (QED) is 0.605. The van der Waals surface area contributed by atoms with Crippen LogP contribution in [0.3, 0.4) is 0 Å². The molecule has 0 saturated heterocycles. The maximum atomic E-state index is 11.5. The molecule has 1 saturated carbocycles. The zero-order chi connectivity index (χ0) is 9.26. The summed E-state index contributed by atoms with van der Waals surface area (Å²) in [4.78, 5) is 15.8. The van der Waals surface area contributed by atoms with Crippen LogP contribution in [-0.4, -0.2) is 11.5 Å². The molecule has 0 radical (unpaired) electrons. The van der Waals surface area contributed by atoms with Gasteiger partial charge >= 0.3 is 0 Å². The molecule has 2 nitrogen and oxygen atoms in total. The first kappa shape index (κ1) is 8.67. The number of hydrogen-bond donors (Lipinski definition) is 0. The van der Waals surface area contributed by atoms with Crippen molar-refractivity contribution in [2.24, 2.45) is 10.9 Å². The largest absolute Gasteiger partial charge is 0.288 e. The molecule has 0 unspecified atom stereocenters. The third-order valence-corrected chi connectivity index (χ3v) is 2.88. The molecule has 2 heteroatoms. The van der Waals surface area contributed by atoms with Gasteiger partial charge in [0.05, 0.1) is 5.71 Å². The zero-order valence-electron chi connectivity index (χ0n) is 8.05. The molecule has 1 aliphatic carbocycles. The van der Waals surface area contributed by atoms with Gasteiger partial charge in [0.15, 0.2) is 0 Å². The fourth-order valence-corrected chi connectivity index (χ4v) is 2.21. The number of allylic oxidation sites excluding steroid dienone is 2. The molecule has 0 aromatic heterocycles. The molecule has 2 aliphatic rings. The monoisotopic (exact) mass is 177 g/mol. The van der Waals surface area contributed by atoms with Crippen molar-refractivity contribution in [2.75, 3.05) is 0 Å². The summed E-state index contributed by atoms with van der Waals surface area (Å²) in [5.41, 5.74) is 1.71. The van der Waals surface area contributed by atoms with Crippen molar-refractivity contribution in [3.8, 4) is 0 Å². The molecule has 13 heavy (non-hydrogen) atoms. The number of carbonyl (C=O) groups is 1. The van der Waals surface area contributed by atoms with Gasteiger partial charge in [-0.15, -0.1) is 0 Å². The summed E-state index contributed by atoms with van der Waals surface area (Å²) >= 11 is 0. The molecule has 0 aromatic carbocycles. The van der Waals surface area contributed by atoms with Gasteiger partial charge in [0.25, 0.3) is 0 Å². The summed E-state index contributed by atoms with van der Waals surface area (Å²) in [6, 6.07) is 0. The average Bonchev–Trinajstić information content (AvgIpc) is 2.47. The fraction of sp³-hybridized carbons (Fsp3) is 0.636. The van der Waals surface area contributed by atoms with E-state index in [1.54, 1.807) is 6.08 Å². The molecule has 0 amide bonds. The van der Waals surface area contributed by atoms with Crippen molar-refractivity contribution >= 4 is 11.5 Å². The fourth-order valence-electron chi connectivity index (χ4n) is 2.21. The van der Waals surface area contributed by atoms with Gasteiger partial charge in [-0.2, -0.15) is 0 Å². The Morgan fingerprint density at radius 3 is 2.54 bits per heavy atom. The normalized spacial score (nSPS) is 24.5.